The highest BCUT2D eigenvalue weighted by atomic mass is 35.5. The zero-order valence-corrected chi connectivity index (χ0v) is 20.1. The SMILES string of the molecule is CCCC(Oc1c(Cl)cccc1COc1cccc(OCc2ccc3ccccc3n2)c1)C(=O)O. The van der Waals surface area contributed by atoms with Gasteiger partial charge in [0.15, 0.2) is 6.10 Å². The highest BCUT2D eigenvalue weighted by Crippen LogP contribution is 2.32. The van der Waals surface area contributed by atoms with Crippen molar-refractivity contribution in [2.45, 2.75) is 39.1 Å². The van der Waals surface area contributed by atoms with E-state index in [-0.39, 0.29) is 6.61 Å². The number of benzene rings is 3. The van der Waals surface area contributed by atoms with Crippen molar-refractivity contribution in [3.05, 3.63) is 95.1 Å². The third-order valence-electron chi connectivity index (χ3n) is 5.38. The van der Waals surface area contributed by atoms with Gasteiger partial charge in [0.2, 0.25) is 0 Å². The average molecular weight is 492 g/mol. The van der Waals surface area contributed by atoms with Crippen LogP contribution in [0.3, 0.4) is 0 Å². The molecule has 35 heavy (non-hydrogen) atoms. The molecule has 0 saturated heterocycles. The van der Waals surface area contributed by atoms with Gasteiger partial charge in [-0.2, -0.15) is 0 Å². The van der Waals surface area contributed by atoms with Crippen molar-refractivity contribution in [2.75, 3.05) is 0 Å². The van der Waals surface area contributed by atoms with Crippen molar-refractivity contribution < 1.29 is 24.1 Å². The number of nitrogens with zero attached hydrogens (tertiary/aromatic N) is 1. The predicted molar refractivity (Wildman–Crippen MR) is 135 cm³/mol. The first-order valence-electron chi connectivity index (χ1n) is 11.4. The molecule has 0 saturated carbocycles. The fourth-order valence-corrected chi connectivity index (χ4v) is 3.84. The molecule has 0 spiro atoms. The molecule has 1 aromatic heterocycles. The molecule has 0 aliphatic rings. The molecule has 0 aliphatic carbocycles. The maximum Gasteiger partial charge on any atom is 0.344 e. The highest BCUT2D eigenvalue weighted by molar-refractivity contribution is 6.32. The van der Waals surface area contributed by atoms with Crippen LogP contribution < -0.4 is 14.2 Å². The van der Waals surface area contributed by atoms with Crippen LogP contribution in [-0.4, -0.2) is 22.2 Å². The summed E-state index contributed by atoms with van der Waals surface area (Å²) in [6, 6.07) is 24.5. The minimum absolute atomic E-state index is 0.157. The average Bonchev–Trinajstić information content (AvgIpc) is 2.87. The van der Waals surface area contributed by atoms with Crippen LogP contribution in [0.2, 0.25) is 5.02 Å². The Morgan fingerprint density at radius 1 is 0.943 bits per heavy atom. The molecule has 0 fully saturated rings. The van der Waals surface area contributed by atoms with Crippen LogP contribution in [0.1, 0.15) is 31.0 Å². The Kier molecular flexibility index (Phi) is 8.06. The molecule has 6 nitrogen and oxygen atoms in total. The second-order valence-electron chi connectivity index (χ2n) is 8.01. The molecule has 1 atom stereocenters. The second-order valence-corrected chi connectivity index (χ2v) is 8.42. The van der Waals surface area contributed by atoms with Gasteiger partial charge < -0.3 is 19.3 Å². The molecule has 7 heteroatoms. The number of rotatable bonds is 11. The summed E-state index contributed by atoms with van der Waals surface area (Å²) in [5.41, 5.74) is 2.41. The van der Waals surface area contributed by atoms with Gasteiger partial charge in [-0.25, -0.2) is 9.78 Å². The van der Waals surface area contributed by atoms with Crippen LogP contribution in [0.4, 0.5) is 0 Å². The molecule has 180 valence electrons. The van der Waals surface area contributed by atoms with Crippen molar-refractivity contribution >= 4 is 28.5 Å². The Hall–Kier alpha value is -3.77. The van der Waals surface area contributed by atoms with Crippen LogP contribution >= 0.6 is 11.6 Å². The van der Waals surface area contributed by atoms with E-state index in [1.807, 2.05) is 61.5 Å². The third kappa shape index (κ3) is 6.43. The summed E-state index contributed by atoms with van der Waals surface area (Å²) in [4.78, 5) is 16.2. The fraction of sp³-hybridized carbons (Fsp3) is 0.214. The first-order chi connectivity index (χ1) is 17.0. The van der Waals surface area contributed by atoms with Crippen molar-refractivity contribution in [3.8, 4) is 17.2 Å². The Balaban J connectivity index is 1.41. The first-order valence-corrected chi connectivity index (χ1v) is 11.8. The zero-order chi connectivity index (χ0) is 24.6. The molecule has 0 aliphatic heterocycles. The number of hydrogen-bond donors (Lipinski definition) is 1. The van der Waals surface area contributed by atoms with Gasteiger partial charge in [-0.3, -0.25) is 0 Å². The van der Waals surface area contributed by atoms with Gasteiger partial charge in [-0.1, -0.05) is 67.4 Å². The first kappa shape index (κ1) is 24.4. The van der Waals surface area contributed by atoms with E-state index < -0.39 is 12.1 Å². The fourth-order valence-electron chi connectivity index (χ4n) is 3.60. The number of halogens is 1. The maximum atomic E-state index is 11.5. The number of carboxylic acids is 1. The Labute approximate surface area is 209 Å². The predicted octanol–water partition coefficient (Wildman–Crippen LogP) is 6.68. The molecule has 4 aromatic rings. The van der Waals surface area contributed by atoms with E-state index in [9.17, 15) is 9.90 Å². The molecule has 4 rings (SSSR count). The van der Waals surface area contributed by atoms with Gasteiger partial charge in [0.25, 0.3) is 0 Å². The van der Waals surface area contributed by atoms with E-state index in [0.29, 0.717) is 47.3 Å². The van der Waals surface area contributed by atoms with Crippen LogP contribution in [0.5, 0.6) is 17.2 Å². The van der Waals surface area contributed by atoms with Crippen LogP contribution in [0.25, 0.3) is 10.9 Å². The number of aromatic nitrogens is 1. The molecule has 0 bridgehead atoms. The summed E-state index contributed by atoms with van der Waals surface area (Å²) in [7, 11) is 0. The molecule has 1 heterocycles. The molecular formula is C28H26ClNO5. The summed E-state index contributed by atoms with van der Waals surface area (Å²) >= 11 is 6.32. The van der Waals surface area contributed by atoms with E-state index in [2.05, 4.69) is 4.98 Å². The van der Waals surface area contributed by atoms with Gasteiger partial charge in [0.1, 0.15) is 30.5 Å². The molecule has 0 radical (unpaired) electrons. The monoisotopic (exact) mass is 491 g/mol. The lowest BCUT2D eigenvalue weighted by atomic mass is 10.2. The zero-order valence-electron chi connectivity index (χ0n) is 19.3. The number of aliphatic carboxylic acids is 1. The van der Waals surface area contributed by atoms with Gasteiger partial charge in [0, 0.05) is 17.0 Å². The standard InChI is InChI=1S/C28H26ClNO5/c1-2-7-26(28(31)32)35-27-20(9-5-12-24(27)29)17-33-22-10-6-11-23(16-22)34-18-21-15-14-19-8-3-4-13-25(19)30-21/h3-6,8-16,26H,2,7,17-18H2,1H3,(H,31,32). The summed E-state index contributed by atoms with van der Waals surface area (Å²) in [6.45, 7) is 2.39. The number of hydrogen-bond acceptors (Lipinski definition) is 5. The van der Waals surface area contributed by atoms with E-state index >= 15 is 0 Å². The van der Waals surface area contributed by atoms with Gasteiger partial charge in [0.05, 0.1) is 16.2 Å². The largest absolute Gasteiger partial charge is 0.489 e. The summed E-state index contributed by atoms with van der Waals surface area (Å²) in [5, 5.41) is 10.9. The second kappa shape index (κ2) is 11.6. The molecule has 1 N–H and O–H groups in total. The third-order valence-corrected chi connectivity index (χ3v) is 5.68. The van der Waals surface area contributed by atoms with E-state index in [4.69, 9.17) is 25.8 Å². The minimum atomic E-state index is -1.02. The molecule has 0 amide bonds. The van der Waals surface area contributed by atoms with E-state index in [1.54, 1.807) is 24.3 Å². The number of carboxylic acid groups (broad SMARTS) is 1. The summed E-state index contributed by atoms with van der Waals surface area (Å²) in [6.07, 6.45) is 0.0836. The Bertz CT molecular complexity index is 1310. The van der Waals surface area contributed by atoms with Crippen molar-refractivity contribution in [1.82, 2.24) is 4.98 Å². The molecule has 3 aromatic carbocycles. The van der Waals surface area contributed by atoms with Crippen molar-refractivity contribution in [1.29, 1.82) is 0 Å². The lowest BCUT2D eigenvalue weighted by Gasteiger charge is -2.18. The minimum Gasteiger partial charge on any atom is -0.489 e. The van der Waals surface area contributed by atoms with Crippen LogP contribution in [0, 0.1) is 0 Å². The van der Waals surface area contributed by atoms with Crippen molar-refractivity contribution in [2.24, 2.45) is 0 Å². The van der Waals surface area contributed by atoms with E-state index in [1.165, 1.54) is 0 Å². The topological polar surface area (TPSA) is 77.9 Å². The van der Waals surface area contributed by atoms with Crippen LogP contribution in [-0.2, 0) is 18.0 Å². The summed E-state index contributed by atoms with van der Waals surface area (Å²) < 4.78 is 17.7. The number of pyridine rings is 1. The number of carbonyl (C=O) groups is 1. The van der Waals surface area contributed by atoms with Crippen LogP contribution in [0.15, 0.2) is 78.9 Å². The lowest BCUT2D eigenvalue weighted by molar-refractivity contribution is -0.145. The van der Waals surface area contributed by atoms with Gasteiger partial charge >= 0.3 is 5.97 Å². The number of para-hydroxylation sites is 2. The van der Waals surface area contributed by atoms with E-state index in [0.717, 1.165) is 16.6 Å². The van der Waals surface area contributed by atoms with Gasteiger partial charge in [-0.15, -0.1) is 0 Å². The normalized spacial score (nSPS) is 11.7. The smallest absolute Gasteiger partial charge is 0.344 e. The number of fused-ring (bicyclic) bond motifs is 1. The molecule has 1 unspecified atom stereocenters. The Morgan fingerprint density at radius 3 is 2.46 bits per heavy atom. The summed E-state index contributed by atoms with van der Waals surface area (Å²) in [5.74, 6) is 0.548. The maximum absolute atomic E-state index is 11.5. The van der Waals surface area contributed by atoms with Gasteiger partial charge in [-0.05, 0) is 36.8 Å². The lowest BCUT2D eigenvalue weighted by Crippen LogP contribution is -2.27. The molecular weight excluding hydrogens is 466 g/mol. The quantitative estimate of drug-likeness (QED) is 0.252. The Morgan fingerprint density at radius 2 is 1.69 bits per heavy atom. The highest BCUT2D eigenvalue weighted by Gasteiger charge is 2.21. The van der Waals surface area contributed by atoms with Crippen molar-refractivity contribution in [3.63, 3.8) is 0 Å². The number of ether oxygens (including phenoxy) is 3.